The second-order valence-corrected chi connectivity index (χ2v) is 4.64. The second-order valence-electron chi connectivity index (χ2n) is 4.64. The molecule has 0 radical (unpaired) electrons. The molecule has 0 spiro atoms. The molecule has 21 heavy (non-hydrogen) atoms. The highest BCUT2D eigenvalue weighted by Gasteiger charge is 2.24. The van der Waals surface area contributed by atoms with Crippen molar-refractivity contribution in [3.63, 3.8) is 0 Å². The predicted octanol–water partition coefficient (Wildman–Crippen LogP) is 0.671. The molecule has 0 unspecified atom stereocenters. The van der Waals surface area contributed by atoms with Gasteiger partial charge < -0.3 is 15.7 Å². The summed E-state index contributed by atoms with van der Waals surface area (Å²) < 4.78 is 26.1. The molecule has 1 aromatic carbocycles. The first-order valence-electron chi connectivity index (χ1n) is 6.18. The summed E-state index contributed by atoms with van der Waals surface area (Å²) in [7, 11) is 0. The van der Waals surface area contributed by atoms with Crippen LogP contribution in [0.4, 0.5) is 8.78 Å². The predicted molar refractivity (Wildman–Crippen MR) is 66.8 cm³/mol. The molecule has 0 saturated heterocycles. The third-order valence-corrected chi connectivity index (χ3v) is 2.89. The Morgan fingerprint density at radius 1 is 1.14 bits per heavy atom. The van der Waals surface area contributed by atoms with Crippen LogP contribution in [0.15, 0.2) is 12.1 Å². The van der Waals surface area contributed by atoms with Crippen LogP contribution in [-0.4, -0.2) is 35.5 Å². The number of carbonyl (C=O) groups is 3. The van der Waals surface area contributed by atoms with E-state index in [1.807, 2.05) is 0 Å². The Kier molecular flexibility index (Phi) is 4.15. The molecule has 112 valence electrons. The molecule has 0 bridgehead atoms. The van der Waals surface area contributed by atoms with E-state index < -0.39 is 40.5 Å². The van der Waals surface area contributed by atoms with E-state index in [1.165, 1.54) is 0 Å². The molecule has 1 fully saturated rings. The van der Waals surface area contributed by atoms with Gasteiger partial charge in [0.15, 0.2) is 11.6 Å². The summed E-state index contributed by atoms with van der Waals surface area (Å²) in [6.45, 7) is -0.368. The lowest BCUT2D eigenvalue weighted by Crippen LogP contribution is -2.38. The highest BCUT2D eigenvalue weighted by molar-refractivity contribution is 6.05. The van der Waals surface area contributed by atoms with Crippen molar-refractivity contribution in [3.05, 3.63) is 34.9 Å². The number of hydrogen-bond acceptors (Lipinski definition) is 3. The van der Waals surface area contributed by atoms with E-state index >= 15 is 0 Å². The lowest BCUT2D eigenvalue weighted by Gasteiger charge is -2.08. The number of aromatic carboxylic acids is 1. The number of hydrogen-bond donors (Lipinski definition) is 3. The monoisotopic (exact) mass is 298 g/mol. The highest BCUT2D eigenvalue weighted by atomic mass is 19.2. The maximum Gasteiger partial charge on any atom is 0.336 e. The number of rotatable bonds is 5. The Morgan fingerprint density at radius 3 is 2.24 bits per heavy atom. The van der Waals surface area contributed by atoms with Crippen LogP contribution in [0.25, 0.3) is 0 Å². The summed E-state index contributed by atoms with van der Waals surface area (Å²) in [5.74, 6) is -5.66. The molecule has 8 heteroatoms. The minimum atomic E-state index is -1.57. The van der Waals surface area contributed by atoms with Gasteiger partial charge in [0.05, 0.1) is 17.7 Å². The minimum absolute atomic E-state index is 0.118. The smallest absolute Gasteiger partial charge is 0.336 e. The van der Waals surface area contributed by atoms with Gasteiger partial charge in [-0.1, -0.05) is 0 Å². The standard InChI is InChI=1S/C13H12F2N2O4/c14-9-3-7(8(13(20)21)4-10(9)15)12(19)16-5-11(18)17-6-1-2-6/h3-4,6H,1-2,5H2,(H,16,19)(H,17,18)(H,20,21). The van der Waals surface area contributed by atoms with Crippen molar-refractivity contribution in [2.75, 3.05) is 6.54 Å². The molecule has 1 aliphatic carbocycles. The molecular formula is C13H12F2N2O4. The third-order valence-electron chi connectivity index (χ3n) is 2.89. The van der Waals surface area contributed by atoms with Crippen LogP contribution in [0, 0.1) is 11.6 Å². The van der Waals surface area contributed by atoms with Gasteiger partial charge in [-0.05, 0) is 25.0 Å². The molecule has 3 N–H and O–H groups in total. The van der Waals surface area contributed by atoms with Crippen LogP contribution >= 0.6 is 0 Å². The molecule has 1 aromatic rings. The number of carboxylic acids is 1. The van der Waals surface area contributed by atoms with Crippen LogP contribution in [0.3, 0.4) is 0 Å². The van der Waals surface area contributed by atoms with E-state index in [2.05, 4.69) is 10.6 Å². The average molecular weight is 298 g/mol. The summed E-state index contributed by atoms with van der Waals surface area (Å²) in [4.78, 5) is 34.1. The van der Waals surface area contributed by atoms with Gasteiger partial charge in [0.25, 0.3) is 5.91 Å². The van der Waals surface area contributed by atoms with E-state index in [-0.39, 0.29) is 12.6 Å². The van der Waals surface area contributed by atoms with Gasteiger partial charge in [0.1, 0.15) is 0 Å². The molecule has 2 rings (SSSR count). The molecular weight excluding hydrogens is 286 g/mol. The molecule has 1 saturated carbocycles. The average Bonchev–Trinajstić information content (AvgIpc) is 3.22. The molecule has 0 heterocycles. The fourth-order valence-electron chi connectivity index (χ4n) is 1.67. The van der Waals surface area contributed by atoms with Crippen molar-refractivity contribution >= 4 is 17.8 Å². The van der Waals surface area contributed by atoms with Gasteiger partial charge in [0, 0.05) is 6.04 Å². The van der Waals surface area contributed by atoms with E-state index in [1.54, 1.807) is 0 Å². The minimum Gasteiger partial charge on any atom is -0.478 e. The Morgan fingerprint density at radius 2 is 1.71 bits per heavy atom. The molecule has 2 amide bonds. The maximum absolute atomic E-state index is 13.1. The van der Waals surface area contributed by atoms with Crippen LogP contribution in [-0.2, 0) is 4.79 Å². The van der Waals surface area contributed by atoms with Crippen molar-refractivity contribution in [3.8, 4) is 0 Å². The zero-order valence-electron chi connectivity index (χ0n) is 10.8. The Labute approximate surface area is 118 Å². The van der Waals surface area contributed by atoms with Gasteiger partial charge in [-0.2, -0.15) is 0 Å². The topological polar surface area (TPSA) is 95.5 Å². The van der Waals surface area contributed by atoms with Gasteiger partial charge in [-0.15, -0.1) is 0 Å². The number of amides is 2. The lowest BCUT2D eigenvalue weighted by molar-refractivity contribution is -0.120. The normalized spacial score (nSPS) is 13.6. The summed E-state index contributed by atoms with van der Waals surface area (Å²) in [6.07, 6.45) is 1.76. The number of benzene rings is 1. The Hall–Kier alpha value is -2.51. The number of carboxylic acid groups (broad SMARTS) is 1. The van der Waals surface area contributed by atoms with Crippen molar-refractivity contribution < 1.29 is 28.3 Å². The van der Waals surface area contributed by atoms with Gasteiger partial charge >= 0.3 is 5.97 Å². The van der Waals surface area contributed by atoms with Crippen molar-refractivity contribution in [1.82, 2.24) is 10.6 Å². The first-order valence-corrected chi connectivity index (χ1v) is 6.18. The summed E-state index contributed by atoms with van der Waals surface area (Å²) in [6, 6.07) is 1.04. The third kappa shape index (κ3) is 3.74. The first-order chi connectivity index (χ1) is 9.88. The highest BCUT2D eigenvalue weighted by Crippen LogP contribution is 2.18. The van der Waals surface area contributed by atoms with Gasteiger partial charge in [-0.25, -0.2) is 13.6 Å². The van der Waals surface area contributed by atoms with Crippen LogP contribution in [0.1, 0.15) is 33.6 Å². The summed E-state index contributed by atoms with van der Waals surface area (Å²) in [5, 5.41) is 13.7. The van der Waals surface area contributed by atoms with E-state index in [0.29, 0.717) is 12.1 Å². The number of carbonyl (C=O) groups excluding carboxylic acids is 2. The van der Waals surface area contributed by atoms with E-state index in [0.717, 1.165) is 12.8 Å². The van der Waals surface area contributed by atoms with Crippen molar-refractivity contribution in [1.29, 1.82) is 0 Å². The quantitative estimate of drug-likeness (QED) is 0.744. The molecule has 0 aromatic heterocycles. The number of halogens is 2. The maximum atomic E-state index is 13.1. The molecule has 0 atom stereocenters. The first kappa shape index (κ1) is 14.9. The Bertz CT molecular complexity index is 614. The van der Waals surface area contributed by atoms with Crippen molar-refractivity contribution in [2.24, 2.45) is 0 Å². The van der Waals surface area contributed by atoms with Crippen LogP contribution in [0.2, 0.25) is 0 Å². The van der Waals surface area contributed by atoms with Gasteiger partial charge in [0.2, 0.25) is 5.91 Å². The summed E-state index contributed by atoms with van der Waals surface area (Å²) in [5.41, 5.74) is -1.21. The fourth-order valence-corrected chi connectivity index (χ4v) is 1.67. The van der Waals surface area contributed by atoms with E-state index in [4.69, 9.17) is 5.11 Å². The van der Waals surface area contributed by atoms with E-state index in [9.17, 15) is 23.2 Å². The largest absolute Gasteiger partial charge is 0.478 e. The van der Waals surface area contributed by atoms with Crippen LogP contribution in [0.5, 0.6) is 0 Å². The zero-order chi connectivity index (χ0) is 15.6. The molecule has 1 aliphatic rings. The lowest BCUT2D eigenvalue weighted by atomic mass is 10.1. The Balaban J connectivity index is 2.08. The summed E-state index contributed by atoms with van der Waals surface area (Å²) >= 11 is 0. The van der Waals surface area contributed by atoms with Crippen LogP contribution < -0.4 is 10.6 Å². The van der Waals surface area contributed by atoms with Crippen molar-refractivity contribution in [2.45, 2.75) is 18.9 Å². The SMILES string of the molecule is O=C(CNC(=O)c1cc(F)c(F)cc1C(=O)O)NC1CC1. The fraction of sp³-hybridized carbons (Fsp3) is 0.308. The molecule has 0 aliphatic heterocycles. The second kappa shape index (κ2) is 5.86. The zero-order valence-corrected chi connectivity index (χ0v) is 10.8. The van der Waals surface area contributed by atoms with Gasteiger partial charge in [-0.3, -0.25) is 9.59 Å². The molecule has 6 nitrogen and oxygen atoms in total. The number of nitrogens with one attached hydrogen (secondary N) is 2.